The summed E-state index contributed by atoms with van der Waals surface area (Å²) in [7, 11) is 1.68. The zero-order chi connectivity index (χ0) is 15.3. The van der Waals surface area contributed by atoms with Crippen molar-refractivity contribution in [2.24, 2.45) is 0 Å². The van der Waals surface area contributed by atoms with Gasteiger partial charge in [0.2, 0.25) is 0 Å². The molecule has 0 aliphatic rings. The van der Waals surface area contributed by atoms with Gasteiger partial charge in [-0.2, -0.15) is 0 Å². The average molecular weight is 305 g/mol. The van der Waals surface area contributed by atoms with E-state index in [4.69, 9.17) is 4.74 Å². The minimum absolute atomic E-state index is 0.149. The summed E-state index contributed by atoms with van der Waals surface area (Å²) in [6.07, 6.45) is 1.76. The Bertz CT molecular complexity index is 558. The van der Waals surface area contributed by atoms with Crippen molar-refractivity contribution >= 4 is 11.3 Å². The van der Waals surface area contributed by atoms with E-state index in [0.717, 1.165) is 35.2 Å². The van der Waals surface area contributed by atoms with Crippen LogP contribution in [0.2, 0.25) is 0 Å². The molecule has 0 saturated carbocycles. The van der Waals surface area contributed by atoms with Crippen LogP contribution in [0.25, 0.3) is 0 Å². The van der Waals surface area contributed by atoms with Crippen LogP contribution in [-0.2, 0) is 12.8 Å². The first kappa shape index (κ1) is 15.9. The fourth-order valence-corrected chi connectivity index (χ4v) is 2.80. The zero-order valence-electron chi connectivity index (χ0n) is 13.1. The number of nitrogens with one attached hydrogen (secondary N) is 1. The number of benzene rings is 1. The summed E-state index contributed by atoms with van der Waals surface area (Å²) in [6.45, 7) is 7.44. The molecule has 2 aromatic rings. The third kappa shape index (κ3) is 5.44. The maximum absolute atomic E-state index is 5.16. The molecule has 0 bridgehead atoms. The molecule has 1 N–H and O–H groups in total. The van der Waals surface area contributed by atoms with Crippen molar-refractivity contribution in [2.45, 2.75) is 39.2 Å². The third-order valence-corrected chi connectivity index (χ3v) is 4.00. The van der Waals surface area contributed by atoms with Crippen LogP contribution >= 0.6 is 11.3 Å². The van der Waals surface area contributed by atoms with Crippen LogP contribution in [0.4, 0.5) is 0 Å². The summed E-state index contributed by atoms with van der Waals surface area (Å²) in [6, 6.07) is 8.09. The van der Waals surface area contributed by atoms with Crippen molar-refractivity contribution in [3.05, 3.63) is 39.8 Å². The molecule has 4 nitrogen and oxygen atoms in total. The lowest BCUT2D eigenvalue weighted by molar-refractivity contribution is 0.414. The molecule has 0 aliphatic heterocycles. The Morgan fingerprint density at radius 2 is 1.76 bits per heavy atom. The first-order valence-corrected chi connectivity index (χ1v) is 7.97. The van der Waals surface area contributed by atoms with Gasteiger partial charge in [-0.1, -0.05) is 12.1 Å². The largest absolute Gasteiger partial charge is 0.497 e. The average Bonchev–Trinajstić information content (AvgIpc) is 2.86. The third-order valence-electron chi connectivity index (χ3n) is 3.02. The smallest absolute Gasteiger partial charge is 0.121 e. The first-order chi connectivity index (χ1) is 9.96. The minimum Gasteiger partial charge on any atom is -0.497 e. The molecule has 0 saturated heterocycles. The molecule has 1 heterocycles. The highest BCUT2D eigenvalue weighted by Gasteiger charge is 2.10. The Morgan fingerprint density at radius 1 is 1.10 bits per heavy atom. The van der Waals surface area contributed by atoms with Crippen molar-refractivity contribution in [3.63, 3.8) is 0 Å². The summed E-state index contributed by atoms with van der Waals surface area (Å²) in [5.41, 5.74) is 1.38. The quantitative estimate of drug-likeness (QED) is 0.891. The molecule has 0 amide bonds. The molecule has 1 aromatic heterocycles. The van der Waals surface area contributed by atoms with E-state index in [1.54, 1.807) is 18.4 Å². The highest BCUT2D eigenvalue weighted by molar-refractivity contribution is 7.11. The normalized spacial score (nSPS) is 11.6. The molecule has 0 aliphatic carbocycles. The van der Waals surface area contributed by atoms with Crippen LogP contribution in [0, 0.1) is 0 Å². The lowest BCUT2D eigenvalue weighted by Crippen LogP contribution is -2.37. The predicted molar refractivity (Wildman–Crippen MR) is 87.2 cm³/mol. The highest BCUT2D eigenvalue weighted by atomic mass is 32.1. The van der Waals surface area contributed by atoms with Crippen LogP contribution < -0.4 is 10.1 Å². The van der Waals surface area contributed by atoms with Crippen molar-refractivity contribution in [1.82, 2.24) is 15.5 Å². The monoisotopic (exact) mass is 305 g/mol. The number of aromatic nitrogens is 2. The van der Waals surface area contributed by atoms with Gasteiger partial charge in [0, 0.05) is 24.9 Å². The highest BCUT2D eigenvalue weighted by Crippen LogP contribution is 2.17. The molecule has 21 heavy (non-hydrogen) atoms. The maximum atomic E-state index is 5.16. The van der Waals surface area contributed by atoms with E-state index in [0.29, 0.717) is 0 Å². The Kier molecular flexibility index (Phi) is 5.31. The molecule has 0 unspecified atom stereocenters. The second-order valence-electron chi connectivity index (χ2n) is 6.04. The van der Waals surface area contributed by atoms with Crippen LogP contribution in [0.15, 0.2) is 24.3 Å². The molecule has 0 spiro atoms. The van der Waals surface area contributed by atoms with Crippen LogP contribution in [0.3, 0.4) is 0 Å². The van der Waals surface area contributed by atoms with Crippen LogP contribution in [0.1, 0.15) is 36.3 Å². The fraction of sp³-hybridized carbons (Fsp3) is 0.500. The Labute approximate surface area is 130 Å². The molecular weight excluding hydrogens is 282 g/mol. The fourth-order valence-electron chi connectivity index (χ4n) is 1.92. The van der Waals surface area contributed by atoms with E-state index in [1.807, 2.05) is 12.1 Å². The van der Waals surface area contributed by atoms with E-state index < -0.39 is 0 Å². The van der Waals surface area contributed by atoms with Gasteiger partial charge in [0.05, 0.1) is 7.11 Å². The van der Waals surface area contributed by atoms with E-state index in [-0.39, 0.29) is 5.54 Å². The number of rotatable bonds is 6. The number of hydrogen-bond acceptors (Lipinski definition) is 5. The maximum Gasteiger partial charge on any atom is 0.121 e. The standard InChI is InChI=1S/C16H23N3OS/c1-16(2,3)17-10-9-14-18-19-15(21-14)11-12-5-7-13(20-4)8-6-12/h5-8,17H,9-11H2,1-4H3. The van der Waals surface area contributed by atoms with Crippen molar-refractivity contribution in [1.29, 1.82) is 0 Å². The van der Waals surface area contributed by atoms with E-state index in [2.05, 4.69) is 48.4 Å². The molecule has 0 fully saturated rings. The summed E-state index contributed by atoms with van der Waals surface area (Å²) in [5, 5.41) is 14.2. The van der Waals surface area contributed by atoms with Gasteiger partial charge in [0.15, 0.2) is 0 Å². The van der Waals surface area contributed by atoms with E-state index in [1.165, 1.54) is 5.56 Å². The lowest BCUT2D eigenvalue weighted by Gasteiger charge is -2.19. The summed E-state index contributed by atoms with van der Waals surface area (Å²) in [4.78, 5) is 0. The Morgan fingerprint density at radius 3 is 2.38 bits per heavy atom. The Hall–Kier alpha value is -1.46. The molecule has 0 radical (unpaired) electrons. The minimum atomic E-state index is 0.149. The number of hydrogen-bond donors (Lipinski definition) is 1. The second kappa shape index (κ2) is 7.00. The van der Waals surface area contributed by atoms with Gasteiger partial charge in [-0.3, -0.25) is 0 Å². The predicted octanol–water partition coefficient (Wildman–Crippen LogP) is 3.07. The van der Waals surface area contributed by atoms with Crippen molar-refractivity contribution in [2.75, 3.05) is 13.7 Å². The molecule has 5 heteroatoms. The van der Waals surface area contributed by atoms with Gasteiger partial charge in [0.25, 0.3) is 0 Å². The number of nitrogens with zero attached hydrogens (tertiary/aromatic N) is 2. The molecule has 0 atom stereocenters. The number of methoxy groups -OCH3 is 1. The van der Waals surface area contributed by atoms with Gasteiger partial charge in [0.1, 0.15) is 15.8 Å². The summed E-state index contributed by atoms with van der Waals surface area (Å²) >= 11 is 1.69. The molecule has 114 valence electrons. The molecule has 1 aromatic carbocycles. The zero-order valence-corrected chi connectivity index (χ0v) is 14.0. The lowest BCUT2D eigenvalue weighted by atomic mass is 10.1. The van der Waals surface area contributed by atoms with Gasteiger partial charge in [-0.15, -0.1) is 21.5 Å². The molecule has 2 rings (SSSR count). The van der Waals surface area contributed by atoms with Gasteiger partial charge in [-0.05, 0) is 38.5 Å². The van der Waals surface area contributed by atoms with Crippen LogP contribution in [-0.4, -0.2) is 29.4 Å². The van der Waals surface area contributed by atoms with Gasteiger partial charge in [-0.25, -0.2) is 0 Å². The Balaban J connectivity index is 1.87. The topological polar surface area (TPSA) is 47.0 Å². The van der Waals surface area contributed by atoms with E-state index >= 15 is 0 Å². The van der Waals surface area contributed by atoms with Crippen LogP contribution in [0.5, 0.6) is 5.75 Å². The first-order valence-electron chi connectivity index (χ1n) is 7.15. The number of ether oxygens (including phenoxy) is 1. The van der Waals surface area contributed by atoms with E-state index in [9.17, 15) is 0 Å². The second-order valence-corrected chi connectivity index (χ2v) is 7.19. The SMILES string of the molecule is COc1ccc(Cc2nnc(CCNC(C)(C)C)s2)cc1. The molecular formula is C16H23N3OS. The van der Waals surface area contributed by atoms with Gasteiger partial charge >= 0.3 is 0 Å². The van der Waals surface area contributed by atoms with Gasteiger partial charge < -0.3 is 10.1 Å². The summed E-state index contributed by atoms with van der Waals surface area (Å²) < 4.78 is 5.16. The van der Waals surface area contributed by atoms with Crippen molar-refractivity contribution < 1.29 is 4.74 Å². The van der Waals surface area contributed by atoms with Crippen molar-refractivity contribution in [3.8, 4) is 5.75 Å². The summed E-state index contributed by atoms with van der Waals surface area (Å²) in [5.74, 6) is 0.880.